The van der Waals surface area contributed by atoms with Gasteiger partial charge in [-0.25, -0.2) is 0 Å². The highest BCUT2D eigenvalue weighted by molar-refractivity contribution is 5.85. The van der Waals surface area contributed by atoms with Gasteiger partial charge in [-0.2, -0.15) is 0 Å². The summed E-state index contributed by atoms with van der Waals surface area (Å²) < 4.78 is 5.40. The van der Waals surface area contributed by atoms with Gasteiger partial charge in [0.1, 0.15) is 5.76 Å². The molecule has 1 aromatic heterocycles. The average Bonchev–Trinajstić information content (AvgIpc) is 2.68. The average molecular weight is 244 g/mol. The second kappa shape index (κ2) is 6.97. The zero-order valence-corrected chi connectivity index (χ0v) is 10.5. The topological polar surface area (TPSA) is 39.2 Å². The van der Waals surface area contributed by atoms with E-state index in [9.17, 15) is 0 Å². The Morgan fingerprint density at radius 1 is 1.12 bits per heavy atom. The van der Waals surface area contributed by atoms with Gasteiger partial charge < -0.3 is 10.2 Å². The highest BCUT2D eigenvalue weighted by atomic mass is 35.5. The third-order valence-corrected chi connectivity index (χ3v) is 3.53. The van der Waals surface area contributed by atoms with E-state index in [1.165, 1.54) is 44.9 Å². The number of hydrogen-bond donors (Lipinski definition) is 1. The van der Waals surface area contributed by atoms with E-state index in [-0.39, 0.29) is 18.4 Å². The Hall–Kier alpha value is -0.470. The van der Waals surface area contributed by atoms with Gasteiger partial charge in [-0.1, -0.05) is 32.1 Å². The molecule has 3 heteroatoms. The minimum Gasteiger partial charge on any atom is -0.468 e. The first-order valence-electron chi connectivity index (χ1n) is 6.17. The lowest BCUT2D eigenvalue weighted by molar-refractivity contribution is 0.297. The SMILES string of the molecule is Cl.NC(c1ccco1)C1CCCCCCC1. The van der Waals surface area contributed by atoms with Crippen molar-refractivity contribution in [1.29, 1.82) is 0 Å². The fourth-order valence-electron chi connectivity index (χ4n) is 2.56. The molecule has 2 N–H and O–H groups in total. The van der Waals surface area contributed by atoms with Gasteiger partial charge >= 0.3 is 0 Å². The van der Waals surface area contributed by atoms with Crippen LogP contribution in [0.15, 0.2) is 22.8 Å². The molecule has 92 valence electrons. The monoisotopic (exact) mass is 243 g/mol. The predicted octanol–water partition coefficient (Wildman–Crippen LogP) is 4.06. The van der Waals surface area contributed by atoms with E-state index < -0.39 is 0 Å². The molecule has 0 bridgehead atoms. The van der Waals surface area contributed by atoms with Crippen molar-refractivity contribution in [3.05, 3.63) is 24.2 Å². The number of halogens is 1. The van der Waals surface area contributed by atoms with Gasteiger partial charge in [0, 0.05) is 0 Å². The molecule has 0 saturated heterocycles. The van der Waals surface area contributed by atoms with Gasteiger partial charge in [0.25, 0.3) is 0 Å². The number of nitrogens with two attached hydrogens (primary N) is 1. The van der Waals surface area contributed by atoms with E-state index in [1.54, 1.807) is 6.26 Å². The molecule has 1 aliphatic rings. The van der Waals surface area contributed by atoms with Crippen LogP contribution in [0.1, 0.15) is 56.7 Å². The number of hydrogen-bond acceptors (Lipinski definition) is 2. The Kier molecular flexibility index (Phi) is 5.93. The molecule has 1 saturated carbocycles. The molecule has 2 nitrogen and oxygen atoms in total. The Morgan fingerprint density at radius 3 is 2.31 bits per heavy atom. The van der Waals surface area contributed by atoms with Crippen molar-refractivity contribution in [3.63, 3.8) is 0 Å². The van der Waals surface area contributed by atoms with Gasteiger partial charge in [0.2, 0.25) is 0 Å². The second-order valence-electron chi connectivity index (χ2n) is 4.65. The highest BCUT2D eigenvalue weighted by Gasteiger charge is 2.21. The number of rotatable bonds is 2. The first-order valence-corrected chi connectivity index (χ1v) is 6.17. The van der Waals surface area contributed by atoms with Crippen LogP contribution in [-0.4, -0.2) is 0 Å². The van der Waals surface area contributed by atoms with Crippen LogP contribution in [0.4, 0.5) is 0 Å². The summed E-state index contributed by atoms with van der Waals surface area (Å²) in [4.78, 5) is 0. The Morgan fingerprint density at radius 2 is 1.75 bits per heavy atom. The van der Waals surface area contributed by atoms with Crippen molar-refractivity contribution in [2.45, 2.75) is 51.0 Å². The molecule has 1 heterocycles. The summed E-state index contributed by atoms with van der Waals surface area (Å²) in [6.07, 6.45) is 11.1. The minimum atomic E-state index is 0. The molecule has 0 radical (unpaired) electrons. The molecule has 0 aliphatic heterocycles. The van der Waals surface area contributed by atoms with Crippen molar-refractivity contribution in [3.8, 4) is 0 Å². The zero-order valence-electron chi connectivity index (χ0n) is 9.73. The molecule has 1 unspecified atom stereocenters. The maximum Gasteiger partial charge on any atom is 0.120 e. The Balaban J connectivity index is 0.00000128. The van der Waals surface area contributed by atoms with E-state index in [0.717, 1.165) is 5.76 Å². The van der Waals surface area contributed by atoms with E-state index in [1.807, 2.05) is 12.1 Å². The fourth-order valence-corrected chi connectivity index (χ4v) is 2.56. The van der Waals surface area contributed by atoms with Crippen LogP contribution in [0, 0.1) is 5.92 Å². The second-order valence-corrected chi connectivity index (χ2v) is 4.65. The first kappa shape index (κ1) is 13.6. The van der Waals surface area contributed by atoms with E-state index >= 15 is 0 Å². The smallest absolute Gasteiger partial charge is 0.120 e. The molecule has 1 aromatic rings. The lowest BCUT2D eigenvalue weighted by Gasteiger charge is -2.24. The van der Waals surface area contributed by atoms with Crippen molar-refractivity contribution < 1.29 is 4.42 Å². The maximum atomic E-state index is 6.24. The van der Waals surface area contributed by atoms with Gasteiger partial charge in [-0.3, -0.25) is 0 Å². The Bertz CT molecular complexity index is 265. The summed E-state index contributed by atoms with van der Waals surface area (Å²) >= 11 is 0. The molecular formula is C13H22ClNO. The van der Waals surface area contributed by atoms with Crippen molar-refractivity contribution in [1.82, 2.24) is 0 Å². The van der Waals surface area contributed by atoms with Gasteiger partial charge in [-0.15, -0.1) is 12.4 Å². The molecule has 16 heavy (non-hydrogen) atoms. The quantitative estimate of drug-likeness (QED) is 0.851. The standard InChI is InChI=1S/C13H21NO.ClH/c14-13(12-9-6-10-15-12)11-7-4-2-1-3-5-8-11;/h6,9-11,13H,1-5,7-8,14H2;1H. The van der Waals surface area contributed by atoms with Crippen molar-refractivity contribution in [2.75, 3.05) is 0 Å². The summed E-state index contributed by atoms with van der Waals surface area (Å²) in [5.41, 5.74) is 6.24. The summed E-state index contributed by atoms with van der Waals surface area (Å²) in [6.45, 7) is 0. The minimum absolute atomic E-state index is 0. The lowest BCUT2D eigenvalue weighted by Crippen LogP contribution is -2.21. The lowest BCUT2D eigenvalue weighted by atomic mass is 9.85. The molecule has 0 aromatic carbocycles. The van der Waals surface area contributed by atoms with Crippen molar-refractivity contribution in [2.24, 2.45) is 11.7 Å². The summed E-state index contributed by atoms with van der Waals surface area (Å²) in [6, 6.07) is 4.04. The molecule has 0 spiro atoms. The van der Waals surface area contributed by atoms with Crippen LogP contribution in [0.3, 0.4) is 0 Å². The summed E-state index contributed by atoms with van der Waals surface area (Å²) in [7, 11) is 0. The van der Waals surface area contributed by atoms with E-state index in [0.29, 0.717) is 5.92 Å². The number of furan rings is 1. The highest BCUT2D eigenvalue weighted by Crippen LogP contribution is 2.31. The van der Waals surface area contributed by atoms with Crippen LogP contribution in [0.25, 0.3) is 0 Å². The molecule has 1 fully saturated rings. The summed E-state index contributed by atoms with van der Waals surface area (Å²) in [5.74, 6) is 1.58. The Labute approximate surface area is 104 Å². The third-order valence-electron chi connectivity index (χ3n) is 3.53. The van der Waals surface area contributed by atoms with Crippen LogP contribution in [0.2, 0.25) is 0 Å². The first-order chi connectivity index (χ1) is 7.38. The largest absolute Gasteiger partial charge is 0.468 e. The van der Waals surface area contributed by atoms with E-state index in [4.69, 9.17) is 10.2 Å². The zero-order chi connectivity index (χ0) is 10.5. The van der Waals surface area contributed by atoms with Gasteiger partial charge in [0.15, 0.2) is 0 Å². The summed E-state index contributed by atoms with van der Waals surface area (Å²) in [5, 5.41) is 0. The van der Waals surface area contributed by atoms with Gasteiger partial charge in [-0.05, 0) is 30.9 Å². The third kappa shape index (κ3) is 3.53. The van der Waals surface area contributed by atoms with Gasteiger partial charge in [0.05, 0.1) is 12.3 Å². The molecule has 2 rings (SSSR count). The molecule has 1 atom stereocenters. The normalized spacial score (nSPS) is 20.6. The molecule has 1 aliphatic carbocycles. The maximum absolute atomic E-state index is 6.24. The van der Waals surface area contributed by atoms with E-state index in [2.05, 4.69) is 0 Å². The van der Waals surface area contributed by atoms with Crippen molar-refractivity contribution >= 4 is 12.4 Å². The van der Waals surface area contributed by atoms with Crippen LogP contribution in [0.5, 0.6) is 0 Å². The molecule has 0 amide bonds. The van der Waals surface area contributed by atoms with Crippen LogP contribution < -0.4 is 5.73 Å². The fraction of sp³-hybridized carbons (Fsp3) is 0.692. The predicted molar refractivity (Wildman–Crippen MR) is 68.7 cm³/mol. The molecular weight excluding hydrogens is 222 g/mol. The van der Waals surface area contributed by atoms with Crippen LogP contribution >= 0.6 is 12.4 Å². The van der Waals surface area contributed by atoms with Crippen LogP contribution in [-0.2, 0) is 0 Å².